The Labute approximate surface area is 181 Å². The molecule has 0 bridgehead atoms. The van der Waals surface area contributed by atoms with Gasteiger partial charge in [0.25, 0.3) is 0 Å². The molecule has 2 aliphatic heterocycles. The van der Waals surface area contributed by atoms with Crippen LogP contribution in [0.25, 0.3) is 0 Å². The number of nitrogens with zero attached hydrogens (tertiary/aromatic N) is 2. The predicted molar refractivity (Wildman–Crippen MR) is 117 cm³/mol. The number of methoxy groups -OCH3 is 2. The van der Waals surface area contributed by atoms with Crippen LogP contribution in [0, 0.1) is 0 Å². The molecule has 2 aromatic carbocycles. The largest absolute Gasteiger partial charge is 0.493 e. The molecule has 29 heavy (non-hydrogen) atoms. The second-order valence-electron chi connectivity index (χ2n) is 6.88. The molecular formula is C22H19BrN2O3S. The summed E-state index contributed by atoms with van der Waals surface area (Å²) < 4.78 is 18.3. The average Bonchev–Trinajstić information content (AvgIpc) is 3.43. The van der Waals surface area contributed by atoms with Crippen molar-refractivity contribution in [3.05, 3.63) is 74.4 Å². The molecule has 0 amide bonds. The first-order valence-corrected chi connectivity index (χ1v) is 10.9. The SMILES string of the molecule is COc1ccc(C2=NN3[C@H](C2)c2cc(Br)ccc2O[C@H]3c2cccs2)cc1OC. The molecule has 0 saturated heterocycles. The van der Waals surface area contributed by atoms with Crippen LogP contribution < -0.4 is 14.2 Å². The van der Waals surface area contributed by atoms with Gasteiger partial charge in [-0.25, -0.2) is 5.01 Å². The maximum Gasteiger partial charge on any atom is 0.222 e. The number of ether oxygens (including phenoxy) is 3. The first-order valence-electron chi connectivity index (χ1n) is 9.25. The highest BCUT2D eigenvalue weighted by molar-refractivity contribution is 9.10. The zero-order chi connectivity index (χ0) is 20.0. The first-order chi connectivity index (χ1) is 14.2. The highest BCUT2D eigenvalue weighted by Gasteiger charge is 2.41. The quantitative estimate of drug-likeness (QED) is 0.485. The van der Waals surface area contributed by atoms with Crippen LogP contribution in [-0.4, -0.2) is 24.9 Å². The summed E-state index contributed by atoms with van der Waals surface area (Å²) in [5, 5.41) is 9.16. The zero-order valence-electron chi connectivity index (χ0n) is 16.0. The molecule has 0 aliphatic carbocycles. The van der Waals surface area contributed by atoms with Gasteiger partial charge in [-0.1, -0.05) is 22.0 Å². The topological polar surface area (TPSA) is 43.3 Å². The van der Waals surface area contributed by atoms with Crippen LogP contribution in [0.5, 0.6) is 17.2 Å². The Morgan fingerprint density at radius 1 is 1.10 bits per heavy atom. The van der Waals surface area contributed by atoms with Gasteiger partial charge in [0.05, 0.1) is 30.9 Å². The monoisotopic (exact) mass is 470 g/mol. The lowest BCUT2D eigenvalue weighted by molar-refractivity contribution is -0.0166. The Kier molecular flexibility index (Phi) is 4.72. The Balaban J connectivity index is 1.58. The van der Waals surface area contributed by atoms with Crippen molar-refractivity contribution in [3.8, 4) is 17.2 Å². The number of fused-ring (bicyclic) bond motifs is 3. The molecule has 2 atom stereocenters. The number of hydrazone groups is 1. The summed E-state index contributed by atoms with van der Waals surface area (Å²) in [7, 11) is 3.29. The van der Waals surface area contributed by atoms with Gasteiger partial charge in [-0.2, -0.15) is 5.10 Å². The summed E-state index contributed by atoms with van der Waals surface area (Å²) in [5.74, 6) is 2.32. The Morgan fingerprint density at radius 2 is 1.97 bits per heavy atom. The van der Waals surface area contributed by atoms with Crippen LogP contribution in [0.1, 0.15) is 34.7 Å². The Hall–Kier alpha value is -2.51. The third kappa shape index (κ3) is 3.18. The molecule has 7 heteroatoms. The van der Waals surface area contributed by atoms with Crippen molar-refractivity contribution in [1.82, 2.24) is 5.01 Å². The van der Waals surface area contributed by atoms with Crippen molar-refractivity contribution in [2.45, 2.75) is 18.7 Å². The van der Waals surface area contributed by atoms with Gasteiger partial charge in [0.2, 0.25) is 6.23 Å². The van der Waals surface area contributed by atoms with Gasteiger partial charge in [0, 0.05) is 22.0 Å². The number of hydrogen-bond donors (Lipinski definition) is 0. The van der Waals surface area contributed by atoms with E-state index < -0.39 is 0 Å². The van der Waals surface area contributed by atoms with Crippen LogP contribution in [0.3, 0.4) is 0 Å². The summed E-state index contributed by atoms with van der Waals surface area (Å²) in [4.78, 5) is 1.14. The second kappa shape index (κ2) is 7.39. The van der Waals surface area contributed by atoms with Crippen LogP contribution >= 0.6 is 27.3 Å². The lowest BCUT2D eigenvalue weighted by atomic mass is 9.96. The maximum absolute atomic E-state index is 6.37. The van der Waals surface area contributed by atoms with Crippen molar-refractivity contribution < 1.29 is 14.2 Å². The van der Waals surface area contributed by atoms with Crippen molar-refractivity contribution in [2.75, 3.05) is 14.2 Å². The molecule has 3 heterocycles. The molecule has 0 fully saturated rings. The van der Waals surface area contributed by atoms with Gasteiger partial charge in [-0.05, 0) is 47.8 Å². The van der Waals surface area contributed by atoms with Gasteiger partial charge in [-0.15, -0.1) is 11.3 Å². The Morgan fingerprint density at radius 3 is 2.72 bits per heavy atom. The third-order valence-electron chi connectivity index (χ3n) is 5.26. The van der Waals surface area contributed by atoms with Crippen LogP contribution in [0.15, 0.2) is 63.5 Å². The number of rotatable bonds is 4. The summed E-state index contributed by atoms with van der Waals surface area (Å²) in [5.41, 5.74) is 3.18. The van der Waals surface area contributed by atoms with Crippen LogP contribution in [-0.2, 0) is 0 Å². The first kappa shape index (κ1) is 18.5. The molecule has 5 nitrogen and oxygen atoms in total. The second-order valence-corrected chi connectivity index (χ2v) is 8.78. The zero-order valence-corrected chi connectivity index (χ0v) is 18.4. The lowest BCUT2D eigenvalue weighted by Crippen LogP contribution is -2.33. The minimum Gasteiger partial charge on any atom is -0.493 e. The third-order valence-corrected chi connectivity index (χ3v) is 6.65. The van der Waals surface area contributed by atoms with Crippen LogP contribution in [0.2, 0.25) is 0 Å². The average molecular weight is 471 g/mol. The van der Waals surface area contributed by atoms with E-state index in [1.807, 2.05) is 36.4 Å². The van der Waals surface area contributed by atoms with E-state index in [4.69, 9.17) is 19.3 Å². The molecule has 0 N–H and O–H groups in total. The molecule has 0 saturated carbocycles. The lowest BCUT2D eigenvalue weighted by Gasteiger charge is -2.37. The minimum absolute atomic E-state index is 0.117. The van der Waals surface area contributed by atoms with E-state index in [1.165, 1.54) is 0 Å². The highest BCUT2D eigenvalue weighted by Crippen LogP contribution is 2.49. The standard InChI is InChI=1S/C22H19BrN2O3S/c1-26-19-7-5-13(10-20(19)27-2)16-12-17-15-11-14(23)6-8-18(15)28-22(25(17)24-16)21-4-3-9-29-21/h3-11,17,22H,12H2,1-2H3/t17-,22+/m1/s1. The predicted octanol–water partition coefficient (Wildman–Crippen LogP) is 5.77. The fourth-order valence-electron chi connectivity index (χ4n) is 3.87. The fraction of sp³-hybridized carbons (Fsp3) is 0.227. The molecule has 148 valence electrons. The van der Waals surface area contributed by atoms with Gasteiger partial charge in [0.15, 0.2) is 11.5 Å². The van der Waals surface area contributed by atoms with Crippen molar-refractivity contribution >= 4 is 33.0 Å². The van der Waals surface area contributed by atoms with E-state index in [2.05, 4.69) is 38.5 Å². The molecule has 3 aromatic rings. The molecule has 5 rings (SSSR count). The summed E-state index contributed by atoms with van der Waals surface area (Å²) in [6.45, 7) is 0. The normalized spacial score (nSPS) is 19.8. The van der Waals surface area contributed by atoms with E-state index in [9.17, 15) is 0 Å². The summed E-state index contributed by atoms with van der Waals surface area (Å²) in [6.07, 6.45) is 0.566. The van der Waals surface area contributed by atoms with Gasteiger partial charge in [0.1, 0.15) is 5.75 Å². The maximum atomic E-state index is 6.37. The van der Waals surface area contributed by atoms with Gasteiger partial charge in [-0.3, -0.25) is 0 Å². The smallest absolute Gasteiger partial charge is 0.222 e. The molecule has 0 radical (unpaired) electrons. The molecule has 1 aromatic heterocycles. The molecular weight excluding hydrogens is 452 g/mol. The van der Waals surface area contributed by atoms with Crippen LogP contribution in [0.4, 0.5) is 0 Å². The summed E-state index contributed by atoms with van der Waals surface area (Å²) in [6, 6.07) is 16.4. The number of thiophene rings is 1. The highest BCUT2D eigenvalue weighted by atomic mass is 79.9. The van der Waals surface area contributed by atoms with Gasteiger partial charge >= 0.3 is 0 Å². The van der Waals surface area contributed by atoms with E-state index in [1.54, 1.807) is 25.6 Å². The van der Waals surface area contributed by atoms with Gasteiger partial charge < -0.3 is 14.2 Å². The Bertz CT molecular complexity index is 1080. The number of benzene rings is 2. The number of halogens is 1. The fourth-order valence-corrected chi connectivity index (χ4v) is 4.99. The molecule has 0 unspecified atom stereocenters. The van der Waals surface area contributed by atoms with E-state index >= 15 is 0 Å². The van der Waals surface area contributed by atoms with Crippen molar-refractivity contribution in [3.63, 3.8) is 0 Å². The van der Waals surface area contributed by atoms with E-state index in [-0.39, 0.29) is 12.3 Å². The van der Waals surface area contributed by atoms with Crippen molar-refractivity contribution in [2.24, 2.45) is 5.10 Å². The van der Waals surface area contributed by atoms with Crippen molar-refractivity contribution in [1.29, 1.82) is 0 Å². The van der Waals surface area contributed by atoms with E-state index in [0.29, 0.717) is 11.5 Å². The minimum atomic E-state index is -0.230. The number of hydrogen-bond acceptors (Lipinski definition) is 6. The summed E-state index contributed by atoms with van der Waals surface area (Å²) >= 11 is 5.28. The molecule has 0 spiro atoms. The van der Waals surface area contributed by atoms with E-state index in [0.717, 1.165) is 38.4 Å². The molecule has 2 aliphatic rings.